The molecule has 0 aromatic heterocycles. The van der Waals surface area contributed by atoms with Crippen LogP contribution in [0.15, 0.2) is 0 Å². The molecule has 1 heteroatoms. The average molecular weight is 287 g/mol. The van der Waals surface area contributed by atoms with Gasteiger partial charge in [0.15, 0.2) is 0 Å². The monoisotopic (exact) mass is 286 g/mol. The lowest BCUT2D eigenvalue weighted by molar-refractivity contribution is 0.107. The second kappa shape index (κ2) is 7.91. The smallest absolute Gasteiger partial charge is 0.0371 e. The molecule has 0 aromatic carbocycles. The maximum absolute atomic E-state index is 6.69. The fourth-order valence-electron chi connectivity index (χ4n) is 4.03. The van der Waals surface area contributed by atoms with E-state index in [1.165, 1.54) is 51.4 Å². The van der Waals surface area contributed by atoms with Crippen molar-refractivity contribution in [3.8, 4) is 0 Å². The summed E-state index contributed by atoms with van der Waals surface area (Å²) in [6.07, 6.45) is 10.8. The molecule has 0 bridgehead atoms. The molecule has 0 saturated heterocycles. The van der Waals surface area contributed by atoms with Crippen LogP contribution in [0.5, 0.6) is 0 Å². The van der Waals surface area contributed by atoms with E-state index in [9.17, 15) is 0 Å². The third kappa shape index (κ3) is 5.29. The first-order valence-electron chi connectivity index (χ1n) is 8.54. The molecular weight excluding hydrogens is 252 g/mol. The molecule has 0 heterocycles. The van der Waals surface area contributed by atoms with Crippen molar-refractivity contribution in [3.63, 3.8) is 0 Å². The zero-order valence-corrected chi connectivity index (χ0v) is 14.6. The molecule has 1 rings (SSSR count). The maximum Gasteiger partial charge on any atom is 0.0371 e. The van der Waals surface area contributed by atoms with Crippen molar-refractivity contribution in [2.45, 2.75) is 91.4 Å². The SMILES string of the molecule is CCCCC(CC)CC(C)(C)C1CCC(C)CC1Cl. The van der Waals surface area contributed by atoms with Gasteiger partial charge in [-0.3, -0.25) is 0 Å². The third-order valence-corrected chi connectivity index (χ3v) is 5.88. The number of rotatable bonds is 7. The Morgan fingerprint density at radius 3 is 2.42 bits per heavy atom. The minimum atomic E-state index is 0.405. The van der Waals surface area contributed by atoms with Crippen molar-refractivity contribution >= 4 is 11.6 Å². The molecule has 0 amide bonds. The van der Waals surface area contributed by atoms with Crippen LogP contribution < -0.4 is 0 Å². The van der Waals surface area contributed by atoms with Crippen molar-refractivity contribution < 1.29 is 0 Å². The van der Waals surface area contributed by atoms with Crippen LogP contribution in [0, 0.1) is 23.2 Å². The van der Waals surface area contributed by atoms with Crippen molar-refractivity contribution in [2.75, 3.05) is 0 Å². The van der Waals surface area contributed by atoms with Crippen molar-refractivity contribution in [1.29, 1.82) is 0 Å². The molecule has 0 spiro atoms. The fourth-order valence-corrected chi connectivity index (χ4v) is 4.80. The van der Waals surface area contributed by atoms with E-state index in [0.717, 1.165) is 17.8 Å². The van der Waals surface area contributed by atoms with Crippen molar-refractivity contribution in [2.24, 2.45) is 23.2 Å². The molecule has 0 N–H and O–H groups in total. The molecule has 1 aliphatic rings. The van der Waals surface area contributed by atoms with Crippen LogP contribution in [0.1, 0.15) is 86.0 Å². The Balaban J connectivity index is 2.57. The van der Waals surface area contributed by atoms with Crippen LogP contribution >= 0.6 is 11.6 Å². The minimum Gasteiger partial charge on any atom is -0.123 e. The maximum atomic E-state index is 6.69. The highest BCUT2D eigenvalue weighted by Crippen LogP contribution is 2.46. The lowest BCUT2D eigenvalue weighted by Crippen LogP contribution is -2.37. The second-order valence-corrected chi connectivity index (χ2v) is 8.21. The molecule has 4 unspecified atom stereocenters. The van der Waals surface area contributed by atoms with Crippen LogP contribution in [0.3, 0.4) is 0 Å². The van der Waals surface area contributed by atoms with Gasteiger partial charge in [0.05, 0.1) is 0 Å². The Morgan fingerprint density at radius 1 is 1.21 bits per heavy atom. The normalized spacial score (nSPS) is 30.3. The van der Waals surface area contributed by atoms with E-state index in [0.29, 0.717) is 10.8 Å². The molecule has 1 fully saturated rings. The second-order valence-electron chi connectivity index (χ2n) is 7.65. The molecule has 0 nitrogen and oxygen atoms in total. The summed E-state index contributed by atoms with van der Waals surface area (Å²) in [5, 5.41) is 0.405. The Kier molecular flexibility index (Phi) is 7.22. The van der Waals surface area contributed by atoms with Crippen LogP contribution in [0.2, 0.25) is 0 Å². The summed E-state index contributed by atoms with van der Waals surface area (Å²) in [6, 6.07) is 0. The highest BCUT2D eigenvalue weighted by molar-refractivity contribution is 6.20. The highest BCUT2D eigenvalue weighted by atomic mass is 35.5. The van der Waals surface area contributed by atoms with E-state index in [1.807, 2.05) is 0 Å². The van der Waals surface area contributed by atoms with Crippen LogP contribution in [-0.4, -0.2) is 5.38 Å². The van der Waals surface area contributed by atoms with Crippen LogP contribution in [-0.2, 0) is 0 Å². The molecule has 0 aromatic rings. The molecular formula is C18H35Cl. The molecule has 0 radical (unpaired) electrons. The van der Waals surface area contributed by atoms with Gasteiger partial charge in [0.1, 0.15) is 0 Å². The van der Waals surface area contributed by atoms with E-state index < -0.39 is 0 Å². The van der Waals surface area contributed by atoms with Gasteiger partial charge in [-0.2, -0.15) is 0 Å². The summed E-state index contributed by atoms with van der Waals surface area (Å²) in [7, 11) is 0. The summed E-state index contributed by atoms with van der Waals surface area (Å²) in [4.78, 5) is 0. The molecule has 4 atom stereocenters. The third-order valence-electron chi connectivity index (χ3n) is 5.40. The predicted octanol–water partition coefficient (Wildman–Crippen LogP) is 6.66. The summed E-state index contributed by atoms with van der Waals surface area (Å²) in [5.74, 6) is 2.45. The Hall–Kier alpha value is 0.290. The Morgan fingerprint density at radius 2 is 1.89 bits per heavy atom. The fraction of sp³-hybridized carbons (Fsp3) is 1.00. The Labute approximate surface area is 126 Å². The first-order chi connectivity index (χ1) is 8.90. The van der Waals surface area contributed by atoms with Crippen molar-refractivity contribution in [1.82, 2.24) is 0 Å². The van der Waals surface area contributed by atoms with Gasteiger partial charge in [0, 0.05) is 5.38 Å². The summed E-state index contributed by atoms with van der Waals surface area (Å²) < 4.78 is 0. The first-order valence-corrected chi connectivity index (χ1v) is 8.98. The van der Waals surface area contributed by atoms with E-state index >= 15 is 0 Å². The minimum absolute atomic E-state index is 0.405. The van der Waals surface area contributed by atoms with Gasteiger partial charge in [0.25, 0.3) is 0 Å². The van der Waals surface area contributed by atoms with Crippen LogP contribution in [0.4, 0.5) is 0 Å². The highest BCUT2D eigenvalue weighted by Gasteiger charge is 2.38. The Bertz CT molecular complexity index is 246. The van der Waals surface area contributed by atoms with E-state index in [2.05, 4.69) is 34.6 Å². The van der Waals surface area contributed by atoms with E-state index in [-0.39, 0.29) is 0 Å². The number of alkyl halides is 1. The van der Waals surface area contributed by atoms with Gasteiger partial charge in [-0.05, 0) is 42.4 Å². The molecule has 114 valence electrons. The number of halogens is 1. The standard InChI is InChI=1S/C18H35Cl/c1-6-8-9-15(7-2)13-18(4,5)16-11-10-14(3)12-17(16)19/h14-17H,6-13H2,1-5H3. The van der Waals surface area contributed by atoms with E-state index in [1.54, 1.807) is 0 Å². The summed E-state index contributed by atoms with van der Waals surface area (Å²) in [5.41, 5.74) is 0.418. The molecule has 0 aliphatic heterocycles. The number of hydrogen-bond acceptors (Lipinski definition) is 0. The lowest BCUT2D eigenvalue weighted by atomic mass is 9.65. The largest absolute Gasteiger partial charge is 0.123 e. The van der Waals surface area contributed by atoms with Gasteiger partial charge in [-0.1, -0.05) is 66.7 Å². The van der Waals surface area contributed by atoms with Crippen molar-refractivity contribution in [3.05, 3.63) is 0 Å². The van der Waals surface area contributed by atoms with Gasteiger partial charge < -0.3 is 0 Å². The summed E-state index contributed by atoms with van der Waals surface area (Å²) >= 11 is 6.69. The zero-order valence-electron chi connectivity index (χ0n) is 13.8. The van der Waals surface area contributed by atoms with Gasteiger partial charge in [0.2, 0.25) is 0 Å². The quantitative estimate of drug-likeness (QED) is 0.459. The first kappa shape index (κ1) is 17.3. The van der Waals surface area contributed by atoms with Crippen LogP contribution in [0.25, 0.3) is 0 Å². The molecule has 1 saturated carbocycles. The topological polar surface area (TPSA) is 0 Å². The van der Waals surface area contributed by atoms with Gasteiger partial charge in [-0.15, -0.1) is 11.6 Å². The number of unbranched alkanes of at least 4 members (excludes halogenated alkanes) is 1. The van der Waals surface area contributed by atoms with Gasteiger partial charge >= 0.3 is 0 Å². The van der Waals surface area contributed by atoms with E-state index in [4.69, 9.17) is 11.6 Å². The summed E-state index contributed by atoms with van der Waals surface area (Å²) in [6.45, 7) is 12.0. The predicted molar refractivity (Wildman–Crippen MR) is 87.9 cm³/mol. The molecule has 1 aliphatic carbocycles. The number of hydrogen-bond donors (Lipinski definition) is 0. The van der Waals surface area contributed by atoms with Gasteiger partial charge in [-0.25, -0.2) is 0 Å². The average Bonchev–Trinajstić information content (AvgIpc) is 2.33. The molecule has 19 heavy (non-hydrogen) atoms. The lowest BCUT2D eigenvalue weighted by Gasteiger charge is -2.43. The zero-order chi connectivity index (χ0) is 14.5.